The van der Waals surface area contributed by atoms with E-state index < -0.39 is 12.0 Å². The summed E-state index contributed by atoms with van der Waals surface area (Å²) in [6.45, 7) is 0.136. The van der Waals surface area contributed by atoms with Gasteiger partial charge >= 0.3 is 0 Å². The lowest BCUT2D eigenvalue weighted by atomic mass is 10.3. The van der Waals surface area contributed by atoms with E-state index in [0.717, 1.165) is 12.8 Å². The van der Waals surface area contributed by atoms with Crippen LogP contribution in [0.1, 0.15) is 12.8 Å². The number of nitrogens with one attached hydrogen (secondary N) is 1. The molecule has 6 heteroatoms. The smallest absolute Gasteiger partial charge is 0.247 e. The molecule has 1 rings (SSSR count). The van der Waals surface area contributed by atoms with Crippen molar-refractivity contribution in [1.29, 1.82) is 0 Å². The molecule has 1 fully saturated rings. The number of nitrogens with two attached hydrogens (primary N) is 1. The van der Waals surface area contributed by atoms with Crippen molar-refractivity contribution in [2.45, 2.75) is 25.0 Å². The third-order valence-corrected chi connectivity index (χ3v) is 2.43. The number of likely N-dealkylation sites (N-methyl/N-ethyl adjacent to an activating group) is 1. The van der Waals surface area contributed by atoms with E-state index in [0.29, 0.717) is 6.04 Å². The molecule has 1 aliphatic carbocycles. The number of carbonyl (C=O) groups excluding carboxylic acids is 2. The fourth-order valence-corrected chi connectivity index (χ4v) is 1.21. The lowest BCUT2D eigenvalue weighted by Gasteiger charge is -2.16. The van der Waals surface area contributed by atoms with Crippen LogP contribution in [0, 0.1) is 0 Å². The van der Waals surface area contributed by atoms with Crippen LogP contribution in [0.4, 0.5) is 0 Å². The second-order valence-corrected chi connectivity index (χ2v) is 3.78. The van der Waals surface area contributed by atoms with Gasteiger partial charge in [0, 0.05) is 19.6 Å². The van der Waals surface area contributed by atoms with Gasteiger partial charge in [-0.05, 0) is 12.8 Å². The molecule has 2 amide bonds. The zero-order valence-corrected chi connectivity index (χ0v) is 8.77. The van der Waals surface area contributed by atoms with Gasteiger partial charge in [0.25, 0.3) is 0 Å². The first-order chi connectivity index (χ1) is 7.02. The molecular formula is C9H17N3O3. The van der Waals surface area contributed by atoms with E-state index in [4.69, 9.17) is 10.8 Å². The molecule has 0 bridgehead atoms. The normalized spacial score (nSPS) is 17.2. The first-order valence-corrected chi connectivity index (χ1v) is 4.96. The van der Waals surface area contributed by atoms with Crippen molar-refractivity contribution in [2.24, 2.45) is 5.73 Å². The summed E-state index contributed by atoms with van der Waals surface area (Å²) < 4.78 is 0. The van der Waals surface area contributed by atoms with Gasteiger partial charge in [-0.3, -0.25) is 9.59 Å². The van der Waals surface area contributed by atoms with Gasteiger partial charge in [-0.15, -0.1) is 0 Å². The largest absolute Gasteiger partial charge is 0.382 e. The minimum Gasteiger partial charge on any atom is -0.382 e. The Morgan fingerprint density at radius 2 is 2.20 bits per heavy atom. The number of primary amides is 1. The van der Waals surface area contributed by atoms with Crippen molar-refractivity contribution in [3.05, 3.63) is 0 Å². The molecule has 0 aromatic rings. The molecule has 6 nitrogen and oxygen atoms in total. The Bertz CT molecular complexity index is 253. The standard InChI is InChI=1S/C9H17N3O3/c1-12(6-2-3-6)8(14)5-11-4-7(13)9(10)15/h6-7,11,13H,2-5H2,1H3,(H2,10,15). The number of aliphatic hydroxyl groups excluding tert-OH is 1. The molecule has 1 saturated carbocycles. The highest BCUT2D eigenvalue weighted by Gasteiger charge is 2.29. The van der Waals surface area contributed by atoms with Crippen LogP contribution in [0.15, 0.2) is 0 Å². The van der Waals surface area contributed by atoms with Crippen LogP contribution in [0.5, 0.6) is 0 Å². The molecule has 0 aromatic heterocycles. The fraction of sp³-hybridized carbons (Fsp3) is 0.778. The molecule has 1 atom stereocenters. The number of nitrogens with zero attached hydrogens (tertiary/aromatic N) is 1. The molecule has 86 valence electrons. The van der Waals surface area contributed by atoms with E-state index in [1.807, 2.05) is 0 Å². The van der Waals surface area contributed by atoms with Crippen LogP contribution in [0.3, 0.4) is 0 Å². The quantitative estimate of drug-likeness (QED) is 0.479. The molecule has 0 radical (unpaired) electrons. The van der Waals surface area contributed by atoms with Crippen molar-refractivity contribution in [3.63, 3.8) is 0 Å². The zero-order valence-electron chi connectivity index (χ0n) is 8.77. The summed E-state index contributed by atoms with van der Waals surface area (Å²) >= 11 is 0. The number of hydrogen-bond acceptors (Lipinski definition) is 4. The van der Waals surface area contributed by atoms with Crippen molar-refractivity contribution < 1.29 is 14.7 Å². The summed E-state index contributed by atoms with van der Waals surface area (Å²) in [4.78, 5) is 23.6. The average molecular weight is 215 g/mol. The highest BCUT2D eigenvalue weighted by Crippen LogP contribution is 2.24. The fourth-order valence-electron chi connectivity index (χ4n) is 1.21. The first-order valence-electron chi connectivity index (χ1n) is 4.96. The second-order valence-electron chi connectivity index (χ2n) is 3.78. The lowest BCUT2D eigenvalue weighted by Crippen LogP contribution is -2.42. The maximum Gasteiger partial charge on any atom is 0.247 e. The van der Waals surface area contributed by atoms with Crippen LogP contribution < -0.4 is 11.1 Å². The molecule has 1 aliphatic rings. The SMILES string of the molecule is CN(C(=O)CNCC(O)C(N)=O)C1CC1. The van der Waals surface area contributed by atoms with Gasteiger partial charge < -0.3 is 21.1 Å². The van der Waals surface area contributed by atoms with Crippen molar-refractivity contribution in [3.8, 4) is 0 Å². The van der Waals surface area contributed by atoms with E-state index >= 15 is 0 Å². The van der Waals surface area contributed by atoms with Crippen molar-refractivity contribution in [2.75, 3.05) is 20.1 Å². The van der Waals surface area contributed by atoms with Gasteiger partial charge in [-0.2, -0.15) is 0 Å². The lowest BCUT2D eigenvalue weighted by molar-refractivity contribution is -0.130. The second kappa shape index (κ2) is 5.09. The number of rotatable bonds is 6. The summed E-state index contributed by atoms with van der Waals surface area (Å²) in [5.74, 6) is -0.820. The van der Waals surface area contributed by atoms with Crippen LogP contribution in [-0.4, -0.2) is 54.1 Å². The summed E-state index contributed by atoms with van der Waals surface area (Å²) in [6, 6.07) is 0.375. The molecule has 15 heavy (non-hydrogen) atoms. The Kier molecular flexibility index (Phi) is 4.05. The highest BCUT2D eigenvalue weighted by molar-refractivity contribution is 5.80. The summed E-state index contributed by atoms with van der Waals surface area (Å²) in [7, 11) is 1.76. The van der Waals surface area contributed by atoms with Crippen LogP contribution in [0.25, 0.3) is 0 Å². The number of hydrogen-bond donors (Lipinski definition) is 3. The first kappa shape index (κ1) is 11.9. The highest BCUT2D eigenvalue weighted by atomic mass is 16.3. The van der Waals surface area contributed by atoms with Gasteiger partial charge in [-0.1, -0.05) is 0 Å². The van der Waals surface area contributed by atoms with Crippen molar-refractivity contribution in [1.82, 2.24) is 10.2 Å². The van der Waals surface area contributed by atoms with Crippen LogP contribution in [-0.2, 0) is 9.59 Å². The van der Waals surface area contributed by atoms with E-state index in [9.17, 15) is 9.59 Å². The van der Waals surface area contributed by atoms with Crippen LogP contribution in [0.2, 0.25) is 0 Å². The molecule has 0 spiro atoms. The molecule has 0 heterocycles. The molecule has 0 saturated heterocycles. The predicted molar refractivity (Wildman–Crippen MR) is 53.9 cm³/mol. The number of amides is 2. The van der Waals surface area contributed by atoms with Gasteiger partial charge in [0.1, 0.15) is 6.10 Å². The summed E-state index contributed by atoms with van der Waals surface area (Å²) in [6.07, 6.45) is 0.891. The third-order valence-electron chi connectivity index (χ3n) is 2.43. The Morgan fingerprint density at radius 1 is 1.60 bits per heavy atom. The Balaban J connectivity index is 2.13. The summed E-state index contributed by atoms with van der Waals surface area (Å²) in [5, 5.41) is 11.7. The molecular weight excluding hydrogens is 198 g/mol. The Morgan fingerprint density at radius 3 is 2.67 bits per heavy atom. The van der Waals surface area contributed by atoms with E-state index in [1.165, 1.54) is 0 Å². The monoisotopic (exact) mass is 215 g/mol. The third kappa shape index (κ3) is 3.85. The number of aliphatic hydroxyl groups is 1. The van der Waals surface area contributed by atoms with Gasteiger partial charge in [0.05, 0.1) is 6.54 Å². The Hall–Kier alpha value is -1.14. The summed E-state index contributed by atoms with van der Waals surface area (Å²) in [5.41, 5.74) is 4.85. The van der Waals surface area contributed by atoms with Gasteiger partial charge in [0.15, 0.2) is 0 Å². The molecule has 4 N–H and O–H groups in total. The van der Waals surface area contributed by atoms with Gasteiger partial charge in [0.2, 0.25) is 11.8 Å². The van der Waals surface area contributed by atoms with Crippen molar-refractivity contribution >= 4 is 11.8 Å². The van der Waals surface area contributed by atoms with E-state index in [2.05, 4.69) is 5.32 Å². The maximum atomic E-state index is 11.4. The predicted octanol–water partition coefficient (Wildman–Crippen LogP) is -1.96. The number of carbonyl (C=O) groups is 2. The molecule has 1 unspecified atom stereocenters. The average Bonchev–Trinajstić information content (AvgIpc) is 2.99. The zero-order chi connectivity index (χ0) is 11.4. The van der Waals surface area contributed by atoms with Crippen LogP contribution >= 0.6 is 0 Å². The molecule has 0 aromatic carbocycles. The van der Waals surface area contributed by atoms with Gasteiger partial charge in [-0.25, -0.2) is 0 Å². The minimum atomic E-state index is -1.23. The van der Waals surface area contributed by atoms with E-state index in [1.54, 1.807) is 11.9 Å². The molecule has 0 aliphatic heterocycles. The Labute approximate surface area is 88.4 Å². The maximum absolute atomic E-state index is 11.4. The van der Waals surface area contributed by atoms with E-state index in [-0.39, 0.29) is 19.0 Å². The minimum absolute atomic E-state index is 0.0135. The topological polar surface area (TPSA) is 95.7 Å².